The minimum atomic E-state index is -4.02. The molecule has 8 heteroatoms. The van der Waals surface area contributed by atoms with Gasteiger partial charge < -0.3 is 4.74 Å². The molecule has 0 atom stereocenters. The Bertz CT molecular complexity index is 661. The van der Waals surface area contributed by atoms with Crippen molar-refractivity contribution in [2.45, 2.75) is 24.7 Å². The second kappa shape index (κ2) is 6.36. The third kappa shape index (κ3) is 3.94. The van der Waals surface area contributed by atoms with E-state index in [4.69, 9.17) is 16.3 Å². The highest BCUT2D eigenvalue weighted by atomic mass is 32.2. The van der Waals surface area contributed by atoms with Crippen LogP contribution < -0.4 is 9.88 Å². The number of terminal acetylenes is 1. The summed E-state index contributed by atoms with van der Waals surface area (Å²) in [6.45, 7) is 1.69. The second-order valence-electron chi connectivity index (χ2n) is 4.04. The molecule has 0 saturated heterocycles. The minimum absolute atomic E-state index is 0.00285. The molecule has 7 nitrogen and oxygen atoms in total. The molecule has 2 N–H and O–H groups in total. The van der Waals surface area contributed by atoms with Gasteiger partial charge in [-0.05, 0) is 25.0 Å². The molecule has 0 aliphatic carbocycles. The van der Waals surface area contributed by atoms with Gasteiger partial charge in [0.25, 0.3) is 0 Å². The van der Waals surface area contributed by atoms with E-state index in [-0.39, 0.29) is 22.8 Å². The summed E-state index contributed by atoms with van der Waals surface area (Å²) < 4.78 is 27.9. The zero-order valence-electron chi connectivity index (χ0n) is 10.8. The van der Waals surface area contributed by atoms with E-state index in [0.717, 1.165) is 6.07 Å². The molecule has 0 aliphatic heterocycles. The average Bonchev–Trinajstić information content (AvgIpc) is 2.32. The highest BCUT2D eigenvalue weighted by Gasteiger charge is 2.22. The molecule has 1 rings (SSSR count). The zero-order valence-corrected chi connectivity index (χ0v) is 11.6. The summed E-state index contributed by atoms with van der Waals surface area (Å²) in [6.07, 6.45) is 6.12. The van der Waals surface area contributed by atoms with Crippen molar-refractivity contribution in [3.05, 3.63) is 27.8 Å². The van der Waals surface area contributed by atoms with Crippen LogP contribution >= 0.6 is 0 Å². The molecular formula is C12H14N2O5S. The van der Waals surface area contributed by atoms with Crippen molar-refractivity contribution in [1.29, 1.82) is 0 Å². The summed E-state index contributed by atoms with van der Waals surface area (Å²) in [5.74, 6) is 2.42. The van der Waals surface area contributed by atoms with Crippen LogP contribution in [0.15, 0.2) is 17.0 Å². The van der Waals surface area contributed by atoms with Crippen LogP contribution in [-0.2, 0) is 10.0 Å². The third-order valence-corrected chi connectivity index (χ3v) is 3.54. The fourth-order valence-corrected chi connectivity index (χ4v) is 2.36. The Kier molecular flexibility index (Phi) is 5.07. The number of hydrogen-bond donors (Lipinski definition) is 1. The van der Waals surface area contributed by atoms with Gasteiger partial charge in [-0.2, -0.15) is 0 Å². The molecule has 20 heavy (non-hydrogen) atoms. The van der Waals surface area contributed by atoms with Crippen molar-refractivity contribution in [1.82, 2.24) is 0 Å². The Morgan fingerprint density at radius 2 is 2.15 bits per heavy atom. The first kappa shape index (κ1) is 15.9. The minimum Gasteiger partial charge on any atom is -0.487 e. The fourth-order valence-electron chi connectivity index (χ4n) is 1.57. The standard InChI is InChI=1S/C12H14N2O5S/c1-3-4-5-6-19-11-7-9(2)12(20(13,17)18)8-10(11)14(15)16/h1,7-8H,4-6H2,2H3,(H2,13,17,18). The molecule has 108 valence electrons. The maximum atomic E-state index is 11.3. The Labute approximate surface area is 116 Å². The maximum absolute atomic E-state index is 11.3. The molecule has 0 radical (unpaired) electrons. The first-order chi connectivity index (χ1) is 9.27. The van der Waals surface area contributed by atoms with E-state index in [2.05, 4.69) is 5.92 Å². The van der Waals surface area contributed by atoms with Crippen LogP contribution in [0, 0.1) is 29.4 Å². The van der Waals surface area contributed by atoms with E-state index in [1.54, 1.807) is 0 Å². The molecule has 0 fully saturated rings. The van der Waals surface area contributed by atoms with E-state index in [1.165, 1.54) is 13.0 Å². The second-order valence-corrected chi connectivity index (χ2v) is 5.57. The van der Waals surface area contributed by atoms with Crippen LogP contribution in [0.3, 0.4) is 0 Å². The normalized spacial score (nSPS) is 10.8. The molecular weight excluding hydrogens is 284 g/mol. The van der Waals surface area contributed by atoms with Crippen LogP contribution in [0.2, 0.25) is 0 Å². The first-order valence-corrected chi connectivity index (χ1v) is 7.20. The SMILES string of the molecule is C#CCCCOc1cc(C)c(S(N)(=O)=O)cc1[N+](=O)[O-]. The quantitative estimate of drug-likeness (QED) is 0.368. The van der Waals surface area contributed by atoms with Gasteiger partial charge in [0.15, 0.2) is 5.75 Å². The van der Waals surface area contributed by atoms with Crippen molar-refractivity contribution in [3.63, 3.8) is 0 Å². The molecule has 1 aromatic rings. The predicted octanol–water partition coefficient (Wildman–Crippen LogP) is 1.34. The summed E-state index contributed by atoms with van der Waals surface area (Å²) in [5, 5.41) is 16.0. The van der Waals surface area contributed by atoms with E-state index >= 15 is 0 Å². The van der Waals surface area contributed by atoms with Gasteiger partial charge in [0, 0.05) is 12.5 Å². The van der Waals surface area contributed by atoms with Gasteiger partial charge in [0.1, 0.15) is 0 Å². The molecule has 1 aromatic carbocycles. The Balaban J connectivity index is 3.16. The van der Waals surface area contributed by atoms with Crippen molar-refractivity contribution in [2.75, 3.05) is 6.61 Å². The number of ether oxygens (including phenoxy) is 1. The van der Waals surface area contributed by atoms with Gasteiger partial charge >= 0.3 is 5.69 Å². The van der Waals surface area contributed by atoms with Crippen molar-refractivity contribution in [2.24, 2.45) is 5.14 Å². The van der Waals surface area contributed by atoms with Crippen molar-refractivity contribution < 1.29 is 18.1 Å². The Morgan fingerprint density at radius 3 is 2.65 bits per heavy atom. The molecule has 0 bridgehead atoms. The number of aryl methyl sites for hydroxylation is 1. The number of nitrogens with zero attached hydrogens (tertiary/aromatic N) is 1. The lowest BCUT2D eigenvalue weighted by Crippen LogP contribution is -2.14. The number of unbranched alkanes of at least 4 members (excludes halogenated alkanes) is 1. The molecule has 0 saturated carbocycles. The van der Waals surface area contributed by atoms with E-state index in [9.17, 15) is 18.5 Å². The van der Waals surface area contributed by atoms with Crippen molar-refractivity contribution >= 4 is 15.7 Å². The predicted molar refractivity (Wildman–Crippen MR) is 72.8 cm³/mol. The first-order valence-electron chi connectivity index (χ1n) is 5.65. The van der Waals surface area contributed by atoms with Crippen LogP contribution in [-0.4, -0.2) is 19.9 Å². The highest BCUT2D eigenvalue weighted by molar-refractivity contribution is 7.89. The lowest BCUT2D eigenvalue weighted by atomic mass is 10.2. The van der Waals surface area contributed by atoms with Crippen molar-refractivity contribution in [3.8, 4) is 18.1 Å². The largest absolute Gasteiger partial charge is 0.487 e. The lowest BCUT2D eigenvalue weighted by molar-refractivity contribution is -0.386. The summed E-state index contributed by atoms with van der Waals surface area (Å²) in [5.41, 5.74) is -0.162. The number of sulfonamides is 1. The molecule has 0 aromatic heterocycles. The van der Waals surface area contributed by atoms with Crippen LogP contribution in [0.4, 0.5) is 5.69 Å². The van der Waals surface area contributed by atoms with Gasteiger partial charge in [-0.1, -0.05) is 0 Å². The summed E-state index contributed by atoms with van der Waals surface area (Å²) in [4.78, 5) is 9.95. The van der Waals surface area contributed by atoms with Crippen LogP contribution in [0.1, 0.15) is 18.4 Å². The van der Waals surface area contributed by atoms with Gasteiger partial charge in [-0.15, -0.1) is 12.3 Å². The number of hydrogen-bond acceptors (Lipinski definition) is 5. The monoisotopic (exact) mass is 298 g/mol. The number of nitrogens with two attached hydrogens (primary N) is 1. The number of nitro groups is 1. The molecule has 0 heterocycles. The molecule has 0 amide bonds. The smallest absolute Gasteiger partial charge is 0.312 e. The Morgan fingerprint density at radius 1 is 1.50 bits per heavy atom. The lowest BCUT2D eigenvalue weighted by Gasteiger charge is -2.09. The molecule has 0 spiro atoms. The number of primary sulfonamides is 1. The Hall–Kier alpha value is -2.11. The van der Waals surface area contributed by atoms with Crippen LogP contribution in [0.25, 0.3) is 0 Å². The van der Waals surface area contributed by atoms with E-state index in [1.807, 2.05) is 0 Å². The molecule has 0 unspecified atom stereocenters. The van der Waals surface area contributed by atoms with Crippen LogP contribution in [0.5, 0.6) is 5.75 Å². The summed E-state index contributed by atoms with van der Waals surface area (Å²) in [7, 11) is -4.02. The van der Waals surface area contributed by atoms with Gasteiger partial charge in [0.05, 0.1) is 16.4 Å². The zero-order chi connectivity index (χ0) is 15.3. The summed E-state index contributed by atoms with van der Waals surface area (Å²) >= 11 is 0. The van der Waals surface area contributed by atoms with E-state index < -0.39 is 20.6 Å². The molecule has 0 aliphatic rings. The summed E-state index contributed by atoms with van der Waals surface area (Å²) in [6, 6.07) is 2.19. The number of nitro benzene ring substituents is 1. The highest BCUT2D eigenvalue weighted by Crippen LogP contribution is 2.32. The number of benzene rings is 1. The fraction of sp³-hybridized carbons (Fsp3) is 0.333. The van der Waals surface area contributed by atoms with Gasteiger partial charge in [0.2, 0.25) is 10.0 Å². The average molecular weight is 298 g/mol. The van der Waals surface area contributed by atoms with Gasteiger partial charge in [-0.25, -0.2) is 13.6 Å². The topological polar surface area (TPSA) is 113 Å². The third-order valence-electron chi connectivity index (χ3n) is 2.48. The van der Waals surface area contributed by atoms with E-state index in [0.29, 0.717) is 12.8 Å². The van der Waals surface area contributed by atoms with Gasteiger partial charge in [-0.3, -0.25) is 10.1 Å². The maximum Gasteiger partial charge on any atom is 0.312 e. The number of rotatable bonds is 6.